The van der Waals surface area contributed by atoms with Crippen LogP contribution in [0.15, 0.2) is 0 Å². The molecule has 3 atom stereocenters. The first-order valence-corrected chi connectivity index (χ1v) is 8.26. The molecule has 3 heteroatoms. The van der Waals surface area contributed by atoms with Crippen LogP contribution in [0.25, 0.3) is 0 Å². The molecule has 0 aromatic heterocycles. The Hall–Kier alpha value is 0.650. The molecule has 0 radical (unpaired) electrons. The molecule has 2 nitrogen and oxygen atoms in total. The molecule has 0 unspecified atom stereocenters. The van der Waals surface area contributed by atoms with Crippen LogP contribution in [0.4, 0.5) is 0 Å². The molecule has 0 amide bonds. The van der Waals surface area contributed by atoms with Gasteiger partial charge in [-0.25, -0.2) is 3.11 Å². The predicted molar refractivity (Wildman–Crippen MR) is 78.1 cm³/mol. The highest BCUT2D eigenvalue weighted by Crippen LogP contribution is 2.62. The molecule has 0 N–H and O–H groups in total. The summed E-state index contributed by atoms with van der Waals surface area (Å²) in [6.07, 6.45) is 8.97. The van der Waals surface area contributed by atoms with Gasteiger partial charge in [0.25, 0.3) is 0 Å². The molecular weight excluding hydrogens is 323 g/mol. The highest BCUT2D eigenvalue weighted by Gasteiger charge is 2.64. The van der Waals surface area contributed by atoms with Gasteiger partial charge in [0, 0.05) is 60.0 Å². The molecule has 2 heterocycles. The van der Waals surface area contributed by atoms with Crippen molar-refractivity contribution in [3.05, 3.63) is 0 Å². The van der Waals surface area contributed by atoms with E-state index in [1.54, 1.807) is 0 Å². The van der Waals surface area contributed by atoms with Crippen molar-refractivity contribution in [3.8, 4) is 0 Å². The largest absolute Gasteiger partial charge is 0.302 e. The molecule has 96 valence electrons. The third kappa shape index (κ3) is 1.64. The Morgan fingerprint density at radius 1 is 1.18 bits per heavy atom. The standard InChI is InChI=1S/C14H23IN2/c1-11-6-14(7-12(14)17(11)15)10-16-8-13(9-16)4-2-3-5-13/h11-12H,2-10H2,1H3/t11-,12+,14-/m1/s1. The molecule has 4 rings (SSSR count). The van der Waals surface area contributed by atoms with Crippen molar-refractivity contribution in [1.29, 1.82) is 0 Å². The molecule has 4 aliphatic rings. The van der Waals surface area contributed by atoms with E-state index in [1.165, 1.54) is 58.2 Å². The van der Waals surface area contributed by atoms with E-state index < -0.39 is 0 Å². The Morgan fingerprint density at radius 2 is 1.88 bits per heavy atom. The minimum Gasteiger partial charge on any atom is -0.302 e. The smallest absolute Gasteiger partial charge is 0.0273 e. The summed E-state index contributed by atoms with van der Waals surface area (Å²) in [6.45, 7) is 6.66. The average Bonchev–Trinajstić information content (AvgIpc) is 2.64. The van der Waals surface area contributed by atoms with E-state index in [0.29, 0.717) is 5.41 Å². The molecular formula is C14H23IN2. The second kappa shape index (κ2) is 3.60. The molecule has 17 heavy (non-hydrogen) atoms. The first-order valence-electron chi connectivity index (χ1n) is 7.29. The molecule has 0 aromatic carbocycles. The van der Waals surface area contributed by atoms with Crippen molar-refractivity contribution in [1.82, 2.24) is 8.01 Å². The Labute approximate surface area is 119 Å². The zero-order valence-electron chi connectivity index (χ0n) is 10.8. The van der Waals surface area contributed by atoms with Gasteiger partial charge in [0.2, 0.25) is 0 Å². The van der Waals surface area contributed by atoms with Crippen LogP contribution in [0.5, 0.6) is 0 Å². The minimum absolute atomic E-state index is 0.709. The molecule has 2 saturated carbocycles. The number of hydrogen-bond donors (Lipinski definition) is 0. The normalized spacial score (nSPS) is 48.4. The van der Waals surface area contributed by atoms with Crippen molar-refractivity contribution >= 4 is 22.9 Å². The van der Waals surface area contributed by atoms with E-state index >= 15 is 0 Å². The summed E-state index contributed by atoms with van der Waals surface area (Å²) in [5, 5.41) is 0. The van der Waals surface area contributed by atoms with Crippen LogP contribution in [-0.4, -0.2) is 39.7 Å². The summed E-state index contributed by atoms with van der Waals surface area (Å²) in [6, 6.07) is 1.73. The highest BCUT2D eigenvalue weighted by molar-refractivity contribution is 14.1. The van der Waals surface area contributed by atoms with Crippen LogP contribution in [0.3, 0.4) is 0 Å². The maximum absolute atomic E-state index is 2.77. The zero-order chi connectivity index (χ0) is 11.7. The summed E-state index contributed by atoms with van der Waals surface area (Å²) >= 11 is 2.56. The van der Waals surface area contributed by atoms with Crippen molar-refractivity contribution in [3.63, 3.8) is 0 Å². The first-order chi connectivity index (χ1) is 8.13. The van der Waals surface area contributed by atoms with Crippen molar-refractivity contribution in [2.75, 3.05) is 19.6 Å². The third-order valence-corrected chi connectivity index (χ3v) is 7.51. The van der Waals surface area contributed by atoms with Gasteiger partial charge < -0.3 is 4.90 Å². The number of nitrogens with zero attached hydrogens (tertiary/aromatic N) is 2. The number of likely N-dealkylation sites (tertiary alicyclic amines) is 1. The molecule has 1 spiro atoms. The lowest BCUT2D eigenvalue weighted by molar-refractivity contribution is -0.00847. The third-order valence-electron chi connectivity index (χ3n) is 5.89. The zero-order valence-corrected chi connectivity index (χ0v) is 12.9. The second-order valence-corrected chi connectivity index (χ2v) is 8.45. The number of piperidine rings is 1. The van der Waals surface area contributed by atoms with Gasteiger partial charge in [-0.05, 0) is 38.0 Å². The Kier molecular flexibility index (Phi) is 2.43. The molecule has 4 fully saturated rings. The topological polar surface area (TPSA) is 6.48 Å². The fourth-order valence-electron chi connectivity index (χ4n) is 5.01. The maximum atomic E-state index is 2.77. The number of hydrogen-bond acceptors (Lipinski definition) is 2. The number of fused-ring (bicyclic) bond motifs is 1. The van der Waals surface area contributed by atoms with Gasteiger partial charge in [-0.1, -0.05) is 12.8 Å². The van der Waals surface area contributed by atoms with Crippen molar-refractivity contribution < 1.29 is 0 Å². The molecule has 2 aliphatic heterocycles. The molecule has 0 aromatic rings. The van der Waals surface area contributed by atoms with E-state index in [1.807, 2.05) is 0 Å². The number of rotatable bonds is 2. The molecule has 2 saturated heterocycles. The van der Waals surface area contributed by atoms with E-state index in [-0.39, 0.29) is 0 Å². The van der Waals surface area contributed by atoms with Gasteiger partial charge in [-0.3, -0.25) is 0 Å². The predicted octanol–water partition coefficient (Wildman–Crippen LogP) is 3.07. The van der Waals surface area contributed by atoms with Gasteiger partial charge in [0.15, 0.2) is 0 Å². The van der Waals surface area contributed by atoms with Crippen LogP contribution < -0.4 is 0 Å². The van der Waals surface area contributed by atoms with Crippen LogP contribution >= 0.6 is 22.9 Å². The van der Waals surface area contributed by atoms with E-state index in [0.717, 1.165) is 17.5 Å². The lowest BCUT2D eigenvalue weighted by atomic mass is 9.77. The van der Waals surface area contributed by atoms with Crippen LogP contribution in [0.1, 0.15) is 45.4 Å². The summed E-state index contributed by atoms with van der Waals surface area (Å²) in [4.78, 5) is 2.77. The fourth-order valence-corrected chi connectivity index (χ4v) is 6.00. The van der Waals surface area contributed by atoms with Crippen molar-refractivity contribution in [2.45, 2.75) is 57.5 Å². The van der Waals surface area contributed by atoms with Crippen LogP contribution in [0, 0.1) is 10.8 Å². The maximum Gasteiger partial charge on any atom is 0.0273 e. The number of halogens is 1. The van der Waals surface area contributed by atoms with Gasteiger partial charge in [0.05, 0.1) is 0 Å². The Balaban J connectivity index is 1.35. The summed E-state index contributed by atoms with van der Waals surface area (Å²) in [5.41, 5.74) is 1.50. The van der Waals surface area contributed by atoms with E-state index in [4.69, 9.17) is 0 Å². The monoisotopic (exact) mass is 346 g/mol. The van der Waals surface area contributed by atoms with Gasteiger partial charge in [-0.15, -0.1) is 0 Å². The SMILES string of the molecule is C[C@@H]1C[C@]2(CN3CC4(CCCC4)C3)C[C@@H]2N1I. The Morgan fingerprint density at radius 3 is 2.47 bits per heavy atom. The minimum atomic E-state index is 0.709. The lowest BCUT2D eigenvalue weighted by Crippen LogP contribution is -2.56. The van der Waals surface area contributed by atoms with Crippen molar-refractivity contribution in [2.24, 2.45) is 10.8 Å². The van der Waals surface area contributed by atoms with Crippen LogP contribution in [0.2, 0.25) is 0 Å². The fraction of sp³-hybridized carbons (Fsp3) is 1.00. The van der Waals surface area contributed by atoms with Gasteiger partial charge in [0.1, 0.15) is 0 Å². The van der Waals surface area contributed by atoms with Gasteiger partial charge >= 0.3 is 0 Å². The second-order valence-electron chi connectivity index (χ2n) is 7.33. The summed E-state index contributed by atoms with van der Waals surface area (Å²) < 4.78 is 2.60. The molecule has 0 bridgehead atoms. The quantitative estimate of drug-likeness (QED) is 0.560. The molecule has 2 aliphatic carbocycles. The summed E-state index contributed by atoms with van der Waals surface area (Å²) in [7, 11) is 0. The van der Waals surface area contributed by atoms with Gasteiger partial charge in [-0.2, -0.15) is 0 Å². The summed E-state index contributed by atoms with van der Waals surface area (Å²) in [5.74, 6) is 0. The highest BCUT2D eigenvalue weighted by atomic mass is 127. The lowest BCUT2D eigenvalue weighted by Gasteiger charge is -2.49. The van der Waals surface area contributed by atoms with Crippen LogP contribution in [-0.2, 0) is 0 Å². The van der Waals surface area contributed by atoms with E-state index in [9.17, 15) is 0 Å². The Bertz CT molecular complexity index is 331. The average molecular weight is 346 g/mol. The first kappa shape index (κ1) is 11.5. The van der Waals surface area contributed by atoms with E-state index in [2.05, 4.69) is 37.8 Å².